The van der Waals surface area contributed by atoms with Crippen LogP contribution in [-0.2, 0) is 25.0 Å². The van der Waals surface area contributed by atoms with Gasteiger partial charge in [-0.15, -0.1) is 0 Å². The molecule has 10 heteroatoms. The maximum atomic E-state index is 13.6. The van der Waals surface area contributed by atoms with Crippen molar-refractivity contribution >= 4 is 50.5 Å². The number of hydrazone groups is 1. The molecule has 1 heterocycles. The van der Waals surface area contributed by atoms with Gasteiger partial charge in [-0.05, 0) is 53.4 Å². The van der Waals surface area contributed by atoms with Gasteiger partial charge in [0.05, 0.1) is 16.3 Å². The van der Waals surface area contributed by atoms with E-state index in [9.17, 15) is 18.0 Å². The monoisotopic (exact) mass is 524 g/mol. The average molecular weight is 525 g/mol. The maximum Gasteiger partial charge on any atom is 0.276 e. The Morgan fingerprint density at radius 1 is 1.00 bits per heavy atom. The summed E-state index contributed by atoms with van der Waals surface area (Å²) in [5, 5.41) is 7.05. The topological polar surface area (TPSA) is 108 Å². The van der Waals surface area contributed by atoms with Crippen LogP contribution in [0.2, 0.25) is 5.02 Å². The van der Waals surface area contributed by atoms with E-state index in [-0.39, 0.29) is 21.7 Å². The van der Waals surface area contributed by atoms with E-state index < -0.39 is 28.4 Å². The lowest BCUT2D eigenvalue weighted by molar-refractivity contribution is -0.119. The van der Waals surface area contributed by atoms with Gasteiger partial charge in [0.25, 0.3) is 21.8 Å². The van der Waals surface area contributed by atoms with Crippen LogP contribution < -0.4 is 15.0 Å². The molecule has 36 heavy (non-hydrogen) atoms. The van der Waals surface area contributed by atoms with Crippen molar-refractivity contribution < 1.29 is 18.0 Å². The summed E-state index contributed by atoms with van der Waals surface area (Å²) >= 11 is 5.99. The lowest BCUT2D eigenvalue weighted by Crippen LogP contribution is -2.40. The molecule has 4 rings (SSSR count). The Hall–Kier alpha value is -3.69. The van der Waals surface area contributed by atoms with E-state index in [1.54, 1.807) is 48.5 Å². The molecule has 1 aliphatic heterocycles. The van der Waals surface area contributed by atoms with Crippen molar-refractivity contribution in [1.82, 2.24) is 5.43 Å². The number of fused-ring (bicyclic) bond motifs is 1. The largest absolute Gasteiger partial charge is 0.320 e. The molecule has 0 aromatic heterocycles. The van der Waals surface area contributed by atoms with Crippen LogP contribution in [0, 0.1) is 0 Å². The summed E-state index contributed by atoms with van der Waals surface area (Å²) in [7, 11) is -4.12. The van der Waals surface area contributed by atoms with Crippen LogP contribution in [0.3, 0.4) is 0 Å². The number of para-hydroxylation sites is 1. The summed E-state index contributed by atoms with van der Waals surface area (Å²) in [6.07, 6.45) is 0. The van der Waals surface area contributed by atoms with Crippen molar-refractivity contribution in [2.24, 2.45) is 5.10 Å². The minimum absolute atomic E-state index is 0.0358. The predicted octanol–water partition coefficient (Wildman–Crippen LogP) is 4.31. The molecular formula is C26H25ClN4O4S. The van der Waals surface area contributed by atoms with Gasteiger partial charge in [0.1, 0.15) is 6.54 Å². The smallest absolute Gasteiger partial charge is 0.276 e. The number of nitrogens with one attached hydrogen (secondary N) is 2. The average Bonchev–Trinajstić information content (AvgIpc) is 3.16. The highest BCUT2D eigenvalue weighted by Gasteiger charge is 2.29. The number of carbonyl (C=O) groups is 2. The Morgan fingerprint density at radius 3 is 2.28 bits per heavy atom. The van der Waals surface area contributed by atoms with E-state index in [0.29, 0.717) is 16.3 Å². The Bertz CT molecular complexity index is 1440. The van der Waals surface area contributed by atoms with Gasteiger partial charge in [0, 0.05) is 10.6 Å². The zero-order valence-corrected chi connectivity index (χ0v) is 21.5. The summed E-state index contributed by atoms with van der Waals surface area (Å²) in [5.74, 6) is -1.18. The minimum atomic E-state index is -4.12. The molecule has 0 radical (unpaired) electrons. The summed E-state index contributed by atoms with van der Waals surface area (Å²) in [6.45, 7) is 5.53. The third-order valence-electron chi connectivity index (χ3n) is 5.65. The van der Waals surface area contributed by atoms with Gasteiger partial charge < -0.3 is 5.32 Å². The first kappa shape index (κ1) is 25.4. The van der Waals surface area contributed by atoms with Crippen LogP contribution in [0.4, 0.5) is 11.4 Å². The van der Waals surface area contributed by atoms with Gasteiger partial charge >= 0.3 is 0 Å². The van der Waals surface area contributed by atoms with Gasteiger partial charge in [0.15, 0.2) is 5.71 Å². The van der Waals surface area contributed by atoms with Gasteiger partial charge in [-0.3, -0.25) is 13.9 Å². The highest BCUT2D eigenvalue weighted by Crippen LogP contribution is 2.28. The van der Waals surface area contributed by atoms with Crippen molar-refractivity contribution in [3.05, 3.63) is 88.9 Å². The summed E-state index contributed by atoms with van der Waals surface area (Å²) in [6, 6.07) is 19.6. The molecule has 0 fully saturated rings. The maximum absolute atomic E-state index is 13.6. The SMILES string of the molecule is CC(C)(C)c1ccc(S(=O)(=O)N(CC(=O)N/N=C2/C(=O)Nc3ccccc32)c2ccc(Cl)cc2)cc1. The van der Waals surface area contributed by atoms with Crippen LogP contribution in [0.1, 0.15) is 31.9 Å². The Kier molecular flexibility index (Phi) is 6.88. The minimum Gasteiger partial charge on any atom is -0.320 e. The third-order valence-corrected chi connectivity index (χ3v) is 7.69. The normalized spacial score (nSPS) is 14.3. The molecule has 0 bridgehead atoms. The van der Waals surface area contributed by atoms with Crippen LogP contribution in [0.25, 0.3) is 0 Å². The van der Waals surface area contributed by atoms with E-state index in [4.69, 9.17) is 11.6 Å². The Balaban J connectivity index is 1.62. The lowest BCUT2D eigenvalue weighted by atomic mass is 9.87. The van der Waals surface area contributed by atoms with Crippen molar-refractivity contribution in [2.45, 2.75) is 31.1 Å². The Labute approximate surface area is 215 Å². The standard InChI is InChI=1S/C26H25ClN4O4S/c1-26(2,3)17-8-14-20(15-9-17)36(34,35)31(19-12-10-18(27)11-13-19)16-23(32)29-30-24-21-6-4-5-7-22(21)28-25(24)33/h4-15H,16H2,1-3H3,(H,29,32)(H,28,30,33). The number of benzene rings is 3. The molecule has 3 aromatic carbocycles. The third kappa shape index (κ3) is 5.27. The summed E-state index contributed by atoms with van der Waals surface area (Å²) in [4.78, 5) is 25.1. The predicted molar refractivity (Wildman–Crippen MR) is 141 cm³/mol. The number of amides is 2. The molecule has 3 aromatic rings. The van der Waals surface area contributed by atoms with Gasteiger partial charge in [-0.25, -0.2) is 13.8 Å². The number of halogens is 1. The van der Waals surface area contributed by atoms with Crippen LogP contribution >= 0.6 is 11.6 Å². The fourth-order valence-corrected chi connectivity index (χ4v) is 5.22. The van der Waals surface area contributed by atoms with E-state index in [1.807, 2.05) is 20.8 Å². The molecule has 1 aliphatic rings. The molecule has 0 unspecified atom stereocenters. The molecular weight excluding hydrogens is 500 g/mol. The van der Waals surface area contributed by atoms with Gasteiger partial charge in [-0.2, -0.15) is 5.10 Å². The van der Waals surface area contributed by atoms with Gasteiger partial charge in [-0.1, -0.05) is 62.7 Å². The molecule has 0 saturated carbocycles. The molecule has 0 atom stereocenters. The van der Waals surface area contributed by atoms with Crippen molar-refractivity contribution in [3.63, 3.8) is 0 Å². The molecule has 186 valence electrons. The molecule has 0 spiro atoms. The van der Waals surface area contributed by atoms with E-state index in [2.05, 4.69) is 15.8 Å². The van der Waals surface area contributed by atoms with Gasteiger partial charge in [0.2, 0.25) is 0 Å². The first-order chi connectivity index (χ1) is 17.0. The van der Waals surface area contributed by atoms with Crippen LogP contribution in [0.15, 0.2) is 82.8 Å². The zero-order valence-electron chi connectivity index (χ0n) is 19.9. The summed E-state index contributed by atoms with van der Waals surface area (Å²) in [5.41, 5.74) is 4.56. The van der Waals surface area contributed by atoms with Crippen molar-refractivity contribution in [1.29, 1.82) is 0 Å². The second-order valence-electron chi connectivity index (χ2n) is 9.26. The Morgan fingerprint density at radius 2 is 1.64 bits per heavy atom. The second-order valence-corrected chi connectivity index (χ2v) is 11.6. The number of hydrogen-bond acceptors (Lipinski definition) is 5. The summed E-state index contributed by atoms with van der Waals surface area (Å²) < 4.78 is 28.2. The zero-order chi connectivity index (χ0) is 26.1. The van der Waals surface area contributed by atoms with E-state index >= 15 is 0 Å². The number of nitrogens with zero attached hydrogens (tertiary/aromatic N) is 2. The van der Waals surface area contributed by atoms with Crippen LogP contribution in [-0.4, -0.2) is 32.5 Å². The number of hydrogen-bond donors (Lipinski definition) is 2. The lowest BCUT2D eigenvalue weighted by Gasteiger charge is -2.24. The van der Waals surface area contributed by atoms with Crippen LogP contribution in [0.5, 0.6) is 0 Å². The number of rotatable bonds is 6. The fraction of sp³-hybridized carbons (Fsp3) is 0.192. The van der Waals surface area contributed by atoms with Crippen molar-refractivity contribution in [2.75, 3.05) is 16.2 Å². The molecule has 2 N–H and O–H groups in total. The molecule has 2 amide bonds. The highest BCUT2D eigenvalue weighted by atomic mass is 35.5. The molecule has 8 nitrogen and oxygen atoms in total. The van der Waals surface area contributed by atoms with Crippen molar-refractivity contribution in [3.8, 4) is 0 Å². The number of anilines is 2. The number of carbonyl (C=O) groups excluding carboxylic acids is 2. The number of sulfonamides is 1. The quantitative estimate of drug-likeness (QED) is 0.468. The second kappa shape index (κ2) is 9.75. The first-order valence-electron chi connectivity index (χ1n) is 11.1. The molecule has 0 aliphatic carbocycles. The highest BCUT2D eigenvalue weighted by molar-refractivity contribution is 7.92. The first-order valence-corrected chi connectivity index (χ1v) is 12.9. The fourth-order valence-electron chi connectivity index (χ4n) is 3.67. The van der Waals surface area contributed by atoms with E-state index in [1.165, 1.54) is 24.3 Å². The molecule has 0 saturated heterocycles. The van der Waals surface area contributed by atoms with E-state index in [0.717, 1.165) is 9.87 Å².